The Morgan fingerprint density at radius 2 is 2.22 bits per heavy atom. The highest BCUT2D eigenvalue weighted by Gasteiger charge is 2.31. The van der Waals surface area contributed by atoms with Gasteiger partial charge >= 0.3 is 12.1 Å². The molecule has 5 nitrogen and oxygen atoms in total. The van der Waals surface area contributed by atoms with E-state index in [-0.39, 0.29) is 6.61 Å². The van der Waals surface area contributed by atoms with Crippen molar-refractivity contribution in [3.8, 4) is 0 Å². The average Bonchev–Trinajstić information content (AvgIpc) is 2.95. The molecule has 0 amide bonds. The Kier molecular flexibility index (Phi) is 5.12. The van der Waals surface area contributed by atoms with E-state index in [1.807, 2.05) is 0 Å². The Hall–Kier alpha value is -2.25. The second-order valence-electron chi connectivity index (χ2n) is 5.07. The maximum absolute atomic E-state index is 12.8. The summed E-state index contributed by atoms with van der Waals surface area (Å²) < 4.78 is 43.1. The fourth-order valence-corrected chi connectivity index (χ4v) is 2.17. The smallest absolute Gasteiger partial charge is 0.416 e. The molecule has 1 N–H and O–H groups in total. The lowest BCUT2D eigenvalue weighted by atomic mass is 10.2. The van der Waals surface area contributed by atoms with E-state index in [1.54, 1.807) is 24.9 Å². The van der Waals surface area contributed by atoms with E-state index < -0.39 is 23.8 Å². The van der Waals surface area contributed by atoms with Gasteiger partial charge in [-0.15, -0.1) is 0 Å². The lowest BCUT2D eigenvalue weighted by molar-refractivity contribution is -0.144. The molecule has 0 bridgehead atoms. The normalized spacial score (nSPS) is 18.0. The molecule has 126 valence electrons. The quantitative estimate of drug-likeness (QED) is 0.863. The fourth-order valence-electron chi connectivity index (χ4n) is 2.17. The topological polar surface area (TPSA) is 53.9 Å². The van der Waals surface area contributed by atoms with Gasteiger partial charge in [0.15, 0.2) is 0 Å². The molecule has 1 aliphatic heterocycles. The monoisotopic (exact) mass is 329 g/mol. The van der Waals surface area contributed by atoms with Crippen LogP contribution >= 0.6 is 0 Å². The van der Waals surface area contributed by atoms with Crippen molar-refractivity contribution in [2.45, 2.75) is 32.5 Å². The van der Waals surface area contributed by atoms with Gasteiger partial charge in [0, 0.05) is 13.0 Å². The van der Waals surface area contributed by atoms with E-state index in [1.165, 1.54) is 6.07 Å². The summed E-state index contributed by atoms with van der Waals surface area (Å²) in [6, 6.07) is 4.39. The van der Waals surface area contributed by atoms with E-state index in [0.717, 1.165) is 12.1 Å². The Balaban J connectivity index is 2.07. The van der Waals surface area contributed by atoms with Gasteiger partial charge < -0.3 is 4.74 Å². The molecule has 2 rings (SSSR count). The van der Waals surface area contributed by atoms with Gasteiger partial charge in [0.2, 0.25) is 0 Å². The minimum absolute atomic E-state index is 0.276. The summed E-state index contributed by atoms with van der Waals surface area (Å²) in [6.07, 6.45) is -3.87. The zero-order valence-electron chi connectivity index (χ0n) is 12.9. The molecule has 8 heteroatoms. The highest BCUT2D eigenvalue weighted by molar-refractivity contribution is 5.89. The van der Waals surface area contributed by atoms with Crippen LogP contribution in [0.25, 0.3) is 0 Å². The lowest BCUT2D eigenvalue weighted by Gasteiger charge is -2.19. The molecule has 1 aliphatic rings. The average molecular weight is 329 g/mol. The summed E-state index contributed by atoms with van der Waals surface area (Å²) in [5.41, 5.74) is 2.61. The van der Waals surface area contributed by atoms with Gasteiger partial charge in [-0.25, -0.2) is 4.79 Å². The van der Waals surface area contributed by atoms with Crippen molar-refractivity contribution < 1.29 is 22.7 Å². The van der Waals surface area contributed by atoms with Gasteiger partial charge in [-0.3, -0.25) is 15.4 Å². The first-order valence-corrected chi connectivity index (χ1v) is 7.26. The second kappa shape index (κ2) is 6.89. The second-order valence-corrected chi connectivity index (χ2v) is 5.07. The third-order valence-corrected chi connectivity index (χ3v) is 3.30. The molecular weight excluding hydrogens is 311 g/mol. The number of esters is 1. The Morgan fingerprint density at radius 3 is 2.87 bits per heavy atom. The number of carbonyl (C=O) groups is 1. The Bertz CT molecular complexity index is 602. The van der Waals surface area contributed by atoms with Crippen LogP contribution in [0.5, 0.6) is 0 Å². The van der Waals surface area contributed by atoms with Crippen LogP contribution in [0.1, 0.15) is 25.8 Å². The summed E-state index contributed by atoms with van der Waals surface area (Å²) in [4.78, 5) is 15.8. The summed E-state index contributed by atoms with van der Waals surface area (Å²) in [5.74, 6) is 0.113. The number of ether oxygens (including phenoxy) is 1. The van der Waals surface area contributed by atoms with Crippen molar-refractivity contribution in [3.05, 3.63) is 29.8 Å². The van der Waals surface area contributed by atoms with Crippen molar-refractivity contribution in [2.75, 3.05) is 18.2 Å². The molecule has 0 saturated carbocycles. The molecule has 0 spiro atoms. The zero-order chi connectivity index (χ0) is 17.0. The number of amidine groups is 1. The van der Waals surface area contributed by atoms with Crippen LogP contribution in [0.2, 0.25) is 0 Å². The zero-order valence-corrected chi connectivity index (χ0v) is 12.9. The van der Waals surface area contributed by atoms with Crippen LogP contribution < -0.4 is 10.4 Å². The number of hydrogen-bond acceptors (Lipinski definition) is 4. The predicted molar refractivity (Wildman–Crippen MR) is 80.1 cm³/mol. The maximum Gasteiger partial charge on any atom is 0.416 e. The number of nitrogens with one attached hydrogen (secondary N) is 1. The molecule has 0 radical (unpaired) electrons. The number of carbonyl (C=O) groups excluding carboxylic acids is 1. The summed E-state index contributed by atoms with van der Waals surface area (Å²) in [6.45, 7) is 4.06. The molecule has 1 atom stereocenters. The number of hydrogen-bond donors (Lipinski definition) is 1. The molecule has 1 saturated heterocycles. The van der Waals surface area contributed by atoms with Crippen LogP contribution in [0, 0.1) is 0 Å². The van der Waals surface area contributed by atoms with Gasteiger partial charge in [-0.2, -0.15) is 13.2 Å². The number of alkyl halides is 3. The summed E-state index contributed by atoms with van der Waals surface area (Å²) in [7, 11) is 0. The SMILES string of the molecule is CCOC(=O)C(C)N=C1CCN(c2cccc(C(F)(F)F)c2)N1. The molecule has 0 aliphatic carbocycles. The first-order valence-electron chi connectivity index (χ1n) is 7.26. The van der Waals surface area contributed by atoms with Crippen molar-refractivity contribution >= 4 is 17.5 Å². The minimum Gasteiger partial charge on any atom is -0.464 e. The minimum atomic E-state index is -4.38. The van der Waals surface area contributed by atoms with Crippen molar-refractivity contribution in [2.24, 2.45) is 4.99 Å². The number of nitrogens with zero attached hydrogens (tertiary/aromatic N) is 2. The number of anilines is 1. The van der Waals surface area contributed by atoms with Gasteiger partial charge in [0.1, 0.15) is 11.9 Å². The van der Waals surface area contributed by atoms with Gasteiger partial charge in [0.05, 0.1) is 17.9 Å². The molecule has 23 heavy (non-hydrogen) atoms. The molecule has 1 aromatic rings. The largest absolute Gasteiger partial charge is 0.464 e. The van der Waals surface area contributed by atoms with Gasteiger partial charge in [-0.05, 0) is 32.0 Å². The standard InChI is InChI=1S/C15H18F3N3O2/c1-3-23-14(22)10(2)19-13-7-8-21(20-13)12-6-4-5-11(9-12)15(16,17)18/h4-6,9-10H,3,7-8H2,1-2H3,(H,19,20). The highest BCUT2D eigenvalue weighted by atomic mass is 19.4. The van der Waals surface area contributed by atoms with E-state index in [9.17, 15) is 18.0 Å². The first-order chi connectivity index (χ1) is 10.8. The van der Waals surface area contributed by atoms with Crippen LogP contribution in [-0.2, 0) is 15.7 Å². The molecular formula is C15H18F3N3O2. The molecule has 1 fully saturated rings. The van der Waals surface area contributed by atoms with E-state index >= 15 is 0 Å². The highest BCUT2D eigenvalue weighted by Crippen LogP contribution is 2.31. The predicted octanol–water partition coefficient (Wildman–Crippen LogP) is 2.77. The molecule has 1 aromatic carbocycles. The number of rotatable bonds is 4. The third kappa shape index (κ3) is 4.37. The molecule has 1 heterocycles. The van der Waals surface area contributed by atoms with Crippen molar-refractivity contribution in [1.82, 2.24) is 5.43 Å². The third-order valence-electron chi connectivity index (χ3n) is 3.30. The number of benzene rings is 1. The van der Waals surface area contributed by atoms with Crippen LogP contribution in [0.15, 0.2) is 29.3 Å². The van der Waals surface area contributed by atoms with Crippen molar-refractivity contribution in [1.29, 1.82) is 0 Å². The summed E-state index contributed by atoms with van der Waals surface area (Å²) >= 11 is 0. The van der Waals surface area contributed by atoms with Gasteiger partial charge in [-0.1, -0.05) is 6.07 Å². The Morgan fingerprint density at radius 1 is 1.48 bits per heavy atom. The number of hydrazine groups is 1. The van der Waals surface area contributed by atoms with Crippen molar-refractivity contribution in [3.63, 3.8) is 0 Å². The van der Waals surface area contributed by atoms with Crippen LogP contribution in [0.4, 0.5) is 18.9 Å². The lowest BCUT2D eigenvalue weighted by Crippen LogP contribution is -2.34. The maximum atomic E-state index is 12.8. The summed E-state index contributed by atoms with van der Waals surface area (Å²) in [5, 5.41) is 1.58. The first kappa shape index (κ1) is 17.1. The fraction of sp³-hybridized carbons (Fsp3) is 0.467. The molecule has 0 aromatic heterocycles. The number of aliphatic imine (C=N–C) groups is 1. The molecule has 1 unspecified atom stereocenters. The number of halogens is 3. The van der Waals surface area contributed by atoms with E-state index in [0.29, 0.717) is 24.5 Å². The van der Waals surface area contributed by atoms with Gasteiger partial charge in [0.25, 0.3) is 0 Å². The Labute approximate surface area is 132 Å². The van der Waals surface area contributed by atoms with Crippen LogP contribution in [-0.4, -0.2) is 31.0 Å². The van der Waals surface area contributed by atoms with E-state index in [4.69, 9.17) is 4.74 Å². The van der Waals surface area contributed by atoms with Crippen LogP contribution in [0.3, 0.4) is 0 Å². The van der Waals surface area contributed by atoms with E-state index in [2.05, 4.69) is 10.4 Å².